The van der Waals surface area contributed by atoms with E-state index in [0.717, 1.165) is 37.8 Å². The number of thioether (sulfide) groups is 1. The minimum atomic E-state index is -0.523. The largest absolute Gasteiger partial charge is 0.493 e. The number of carbonyl (C=O) groups excluding carboxylic acids is 3. The molecule has 4 rings (SSSR count). The third kappa shape index (κ3) is 7.68. The van der Waals surface area contributed by atoms with E-state index in [-0.39, 0.29) is 11.4 Å². The lowest BCUT2D eigenvalue weighted by molar-refractivity contribution is -0.127. The number of methoxy groups -OCH3 is 1. The van der Waals surface area contributed by atoms with E-state index < -0.39 is 17.1 Å². The summed E-state index contributed by atoms with van der Waals surface area (Å²) in [6.07, 6.45) is 3.89. The molecule has 1 fully saturated rings. The van der Waals surface area contributed by atoms with Crippen LogP contribution in [-0.2, 0) is 22.6 Å². The molecule has 212 valence electrons. The molecule has 0 bridgehead atoms. The van der Waals surface area contributed by atoms with Crippen LogP contribution in [0.4, 0.5) is 10.5 Å². The molecule has 7 nitrogen and oxygen atoms in total. The van der Waals surface area contributed by atoms with Crippen molar-refractivity contribution in [3.63, 3.8) is 0 Å². The molecule has 3 aromatic carbocycles. The maximum absolute atomic E-state index is 13.1. The predicted molar refractivity (Wildman–Crippen MR) is 167 cm³/mol. The fraction of sp³-hybridized carbons (Fsp3) is 0.219. The average Bonchev–Trinajstić information content (AvgIpc) is 3.20. The zero-order chi connectivity index (χ0) is 29.5. The number of imide groups is 1. The van der Waals surface area contributed by atoms with Crippen molar-refractivity contribution in [3.8, 4) is 11.5 Å². The van der Waals surface area contributed by atoms with Crippen LogP contribution >= 0.6 is 27.7 Å². The maximum Gasteiger partial charge on any atom is 0.294 e. The first kappa shape index (κ1) is 30.1. The number of amides is 3. The van der Waals surface area contributed by atoms with Gasteiger partial charge in [-0.1, -0.05) is 60.1 Å². The van der Waals surface area contributed by atoms with Gasteiger partial charge in [0.25, 0.3) is 11.1 Å². The molecular weight excluding hydrogens is 604 g/mol. The number of carbonyl (C=O) groups is 3. The van der Waals surface area contributed by atoms with E-state index in [4.69, 9.17) is 9.47 Å². The van der Waals surface area contributed by atoms with Crippen molar-refractivity contribution in [1.82, 2.24) is 4.90 Å². The highest BCUT2D eigenvalue weighted by atomic mass is 79.9. The van der Waals surface area contributed by atoms with Crippen molar-refractivity contribution >= 4 is 56.5 Å². The number of ether oxygens (including phenoxy) is 2. The predicted octanol–water partition coefficient (Wildman–Crippen LogP) is 7.56. The SMILES string of the molecule is C=CCc1cc(/C=C2\SC(=O)N(CC(=O)Nc3ccc(C(C)C)cc3)C2=O)cc(OC)c1OCc1ccc(Br)cc1. The van der Waals surface area contributed by atoms with Crippen molar-refractivity contribution in [1.29, 1.82) is 0 Å². The lowest BCUT2D eigenvalue weighted by atomic mass is 10.0. The highest BCUT2D eigenvalue weighted by Gasteiger charge is 2.36. The van der Waals surface area contributed by atoms with E-state index in [9.17, 15) is 14.4 Å². The van der Waals surface area contributed by atoms with E-state index in [1.807, 2.05) is 42.5 Å². The molecule has 9 heteroatoms. The Kier molecular flexibility index (Phi) is 10.1. The fourth-order valence-electron chi connectivity index (χ4n) is 4.21. The van der Waals surface area contributed by atoms with Gasteiger partial charge in [0, 0.05) is 15.7 Å². The second-order valence-corrected chi connectivity index (χ2v) is 11.6. The van der Waals surface area contributed by atoms with Gasteiger partial charge in [0.15, 0.2) is 11.5 Å². The van der Waals surface area contributed by atoms with Gasteiger partial charge in [-0.25, -0.2) is 0 Å². The maximum atomic E-state index is 13.1. The first-order valence-electron chi connectivity index (χ1n) is 13.0. The van der Waals surface area contributed by atoms with Crippen LogP contribution in [-0.4, -0.2) is 35.6 Å². The molecule has 3 amide bonds. The Labute approximate surface area is 252 Å². The van der Waals surface area contributed by atoms with Crippen molar-refractivity contribution in [2.45, 2.75) is 32.8 Å². The average molecular weight is 636 g/mol. The smallest absolute Gasteiger partial charge is 0.294 e. The van der Waals surface area contributed by atoms with Gasteiger partial charge in [-0.05, 0) is 83.3 Å². The zero-order valence-electron chi connectivity index (χ0n) is 23.1. The quantitative estimate of drug-likeness (QED) is 0.173. The summed E-state index contributed by atoms with van der Waals surface area (Å²) in [5, 5.41) is 2.25. The molecular formula is C32H31BrN2O5S. The molecule has 1 aliphatic rings. The number of anilines is 1. The third-order valence-electron chi connectivity index (χ3n) is 6.37. The van der Waals surface area contributed by atoms with Gasteiger partial charge >= 0.3 is 0 Å². The van der Waals surface area contributed by atoms with Crippen LogP contribution in [0.25, 0.3) is 6.08 Å². The number of rotatable bonds is 11. The Bertz CT molecular complexity index is 1480. The lowest BCUT2D eigenvalue weighted by Gasteiger charge is -2.16. The number of hydrogen-bond acceptors (Lipinski definition) is 6. The van der Waals surface area contributed by atoms with Crippen molar-refractivity contribution in [3.05, 3.63) is 105 Å². The first-order chi connectivity index (χ1) is 19.7. The molecule has 41 heavy (non-hydrogen) atoms. The Morgan fingerprint density at radius 1 is 1.10 bits per heavy atom. The Balaban J connectivity index is 1.49. The number of nitrogens with one attached hydrogen (secondary N) is 1. The van der Waals surface area contributed by atoms with Crippen LogP contribution in [0.3, 0.4) is 0 Å². The molecule has 0 saturated carbocycles. The topological polar surface area (TPSA) is 84.9 Å². The van der Waals surface area contributed by atoms with Crippen LogP contribution in [0.1, 0.15) is 42.0 Å². The normalized spacial score (nSPS) is 14.1. The molecule has 1 heterocycles. The molecule has 0 aliphatic carbocycles. The number of benzene rings is 3. The highest BCUT2D eigenvalue weighted by Crippen LogP contribution is 2.37. The fourth-order valence-corrected chi connectivity index (χ4v) is 5.31. The Morgan fingerprint density at radius 3 is 2.44 bits per heavy atom. The van der Waals surface area contributed by atoms with Crippen molar-refractivity contribution in [2.75, 3.05) is 19.0 Å². The third-order valence-corrected chi connectivity index (χ3v) is 7.80. The number of halogens is 1. The number of allylic oxidation sites excluding steroid dienone is 1. The number of hydrogen-bond donors (Lipinski definition) is 1. The van der Waals surface area contributed by atoms with Crippen LogP contribution in [0.2, 0.25) is 0 Å². The van der Waals surface area contributed by atoms with Crippen LogP contribution in [0.15, 0.2) is 82.7 Å². The van der Waals surface area contributed by atoms with E-state index in [2.05, 4.69) is 41.7 Å². The van der Waals surface area contributed by atoms with E-state index in [0.29, 0.717) is 41.7 Å². The van der Waals surface area contributed by atoms with Gasteiger partial charge in [0.05, 0.1) is 12.0 Å². The second-order valence-electron chi connectivity index (χ2n) is 9.71. The first-order valence-corrected chi connectivity index (χ1v) is 14.6. The summed E-state index contributed by atoms with van der Waals surface area (Å²) in [4.78, 5) is 39.6. The molecule has 0 unspecified atom stereocenters. The van der Waals surface area contributed by atoms with E-state index >= 15 is 0 Å². The monoisotopic (exact) mass is 634 g/mol. The van der Waals surface area contributed by atoms with Crippen molar-refractivity contribution in [2.24, 2.45) is 0 Å². The standard InChI is InChI=1S/C32H31BrN2O5S/c1-5-6-24-15-22(16-27(39-4)30(24)40-19-21-7-11-25(33)12-8-21)17-28-31(37)35(32(38)41-28)18-29(36)34-26-13-9-23(10-14-26)20(2)3/h5,7-17,20H,1,6,18-19H2,2-4H3,(H,34,36)/b28-17-. The number of nitrogens with zero attached hydrogens (tertiary/aromatic N) is 1. The molecule has 1 N–H and O–H groups in total. The summed E-state index contributed by atoms with van der Waals surface area (Å²) < 4.78 is 12.7. The van der Waals surface area contributed by atoms with Gasteiger partial charge in [0.2, 0.25) is 5.91 Å². The molecule has 0 spiro atoms. The molecule has 0 radical (unpaired) electrons. The molecule has 0 aromatic heterocycles. The van der Waals surface area contributed by atoms with Crippen LogP contribution in [0.5, 0.6) is 11.5 Å². The Hall–Kier alpha value is -3.82. The van der Waals surface area contributed by atoms with Gasteiger partial charge in [-0.15, -0.1) is 6.58 Å². The van der Waals surface area contributed by atoms with Gasteiger partial charge in [-0.3, -0.25) is 19.3 Å². The van der Waals surface area contributed by atoms with Gasteiger partial charge in [0.1, 0.15) is 13.2 Å². The highest BCUT2D eigenvalue weighted by molar-refractivity contribution is 9.10. The van der Waals surface area contributed by atoms with Gasteiger partial charge < -0.3 is 14.8 Å². The summed E-state index contributed by atoms with van der Waals surface area (Å²) in [6, 6.07) is 19.0. The molecule has 0 atom stereocenters. The molecule has 1 saturated heterocycles. The van der Waals surface area contributed by atoms with E-state index in [1.54, 1.807) is 37.5 Å². The van der Waals surface area contributed by atoms with E-state index in [1.165, 1.54) is 0 Å². The Morgan fingerprint density at radius 2 is 1.80 bits per heavy atom. The van der Waals surface area contributed by atoms with Crippen LogP contribution in [0, 0.1) is 0 Å². The molecule has 3 aromatic rings. The summed E-state index contributed by atoms with van der Waals surface area (Å²) in [6.45, 7) is 8.00. The van der Waals surface area contributed by atoms with Gasteiger partial charge in [-0.2, -0.15) is 0 Å². The summed E-state index contributed by atoms with van der Waals surface area (Å²) in [5.41, 5.74) is 4.23. The summed E-state index contributed by atoms with van der Waals surface area (Å²) in [7, 11) is 1.55. The zero-order valence-corrected chi connectivity index (χ0v) is 25.5. The molecule has 1 aliphatic heterocycles. The summed E-state index contributed by atoms with van der Waals surface area (Å²) in [5.74, 6) is 0.474. The lowest BCUT2D eigenvalue weighted by Crippen LogP contribution is -2.36. The van der Waals surface area contributed by atoms with Crippen molar-refractivity contribution < 1.29 is 23.9 Å². The summed E-state index contributed by atoms with van der Waals surface area (Å²) >= 11 is 4.23. The minimum absolute atomic E-state index is 0.222. The second kappa shape index (κ2) is 13.7. The van der Waals surface area contributed by atoms with Crippen LogP contribution < -0.4 is 14.8 Å². The minimum Gasteiger partial charge on any atom is -0.493 e.